The minimum absolute atomic E-state index is 0.00272. The van der Waals surface area contributed by atoms with Gasteiger partial charge in [-0.1, -0.05) is 13.8 Å². The molecular formula is C14H21FN2O3. The predicted molar refractivity (Wildman–Crippen MR) is 75.4 cm³/mol. The summed E-state index contributed by atoms with van der Waals surface area (Å²) in [6, 6.07) is 3.39. The van der Waals surface area contributed by atoms with Gasteiger partial charge in [-0.05, 0) is 18.9 Å². The van der Waals surface area contributed by atoms with Crippen molar-refractivity contribution in [2.24, 2.45) is 5.92 Å². The molecular weight excluding hydrogens is 263 g/mol. The number of nitrogens with one attached hydrogen (secondary N) is 2. The van der Waals surface area contributed by atoms with Crippen LogP contribution in [-0.4, -0.2) is 30.4 Å². The number of amides is 2. The number of hydrogen-bond acceptors (Lipinski definition) is 3. The van der Waals surface area contributed by atoms with Crippen molar-refractivity contribution >= 4 is 11.7 Å². The van der Waals surface area contributed by atoms with Crippen LogP contribution in [0.5, 0.6) is 5.75 Å². The fourth-order valence-corrected chi connectivity index (χ4v) is 1.39. The second kappa shape index (κ2) is 6.56. The normalized spacial score (nSPS) is 13.8. The summed E-state index contributed by atoms with van der Waals surface area (Å²) in [5.41, 5.74) is -0.722. The highest BCUT2D eigenvalue weighted by Gasteiger charge is 2.25. The van der Waals surface area contributed by atoms with Crippen LogP contribution in [0.2, 0.25) is 0 Å². The second-order valence-electron chi connectivity index (χ2n) is 5.20. The third-order valence-corrected chi connectivity index (χ3v) is 3.22. The first-order chi connectivity index (χ1) is 9.24. The Balaban J connectivity index is 2.61. The molecule has 0 saturated heterocycles. The molecule has 0 radical (unpaired) electrons. The molecule has 3 N–H and O–H groups in total. The van der Waals surface area contributed by atoms with Crippen molar-refractivity contribution in [2.75, 3.05) is 19.0 Å². The summed E-state index contributed by atoms with van der Waals surface area (Å²) in [7, 11) is 1.42. The van der Waals surface area contributed by atoms with Gasteiger partial charge in [0.25, 0.3) is 0 Å². The number of rotatable bonds is 5. The number of hydrogen-bond donors (Lipinski definition) is 3. The van der Waals surface area contributed by atoms with Gasteiger partial charge < -0.3 is 20.5 Å². The van der Waals surface area contributed by atoms with E-state index in [2.05, 4.69) is 10.6 Å². The van der Waals surface area contributed by atoms with Gasteiger partial charge in [0.15, 0.2) is 0 Å². The SMILES string of the molecule is COc1cc(F)cc(NC(=O)NCC(C)(O)C(C)C)c1. The molecule has 0 aliphatic rings. The Morgan fingerprint density at radius 3 is 2.65 bits per heavy atom. The third-order valence-electron chi connectivity index (χ3n) is 3.22. The van der Waals surface area contributed by atoms with E-state index in [0.29, 0.717) is 5.75 Å². The van der Waals surface area contributed by atoms with E-state index in [9.17, 15) is 14.3 Å². The van der Waals surface area contributed by atoms with Crippen molar-refractivity contribution in [1.82, 2.24) is 5.32 Å². The molecule has 1 aromatic rings. The lowest BCUT2D eigenvalue weighted by atomic mass is 9.93. The van der Waals surface area contributed by atoms with Gasteiger partial charge >= 0.3 is 6.03 Å². The zero-order valence-electron chi connectivity index (χ0n) is 12.2. The van der Waals surface area contributed by atoms with E-state index in [1.807, 2.05) is 13.8 Å². The Labute approximate surface area is 118 Å². The molecule has 2 amide bonds. The van der Waals surface area contributed by atoms with E-state index in [0.717, 1.165) is 0 Å². The van der Waals surface area contributed by atoms with Crippen LogP contribution in [0.1, 0.15) is 20.8 Å². The number of urea groups is 1. The number of methoxy groups -OCH3 is 1. The molecule has 112 valence electrons. The molecule has 0 fully saturated rings. The smallest absolute Gasteiger partial charge is 0.319 e. The first kappa shape index (κ1) is 16.2. The van der Waals surface area contributed by atoms with Crippen molar-refractivity contribution < 1.29 is 19.0 Å². The van der Waals surface area contributed by atoms with Crippen molar-refractivity contribution in [3.63, 3.8) is 0 Å². The van der Waals surface area contributed by atoms with Crippen LogP contribution < -0.4 is 15.4 Å². The molecule has 5 nitrogen and oxygen atoms in total. The molecule has 0 saturated carbocycles. The lowest BCUT2D eigenvalue weighted by Gasteiger charge is -2.27. The Kier molecular flexibility index (Phi) is 5.33. The number of carbonyl (C=O) groups excluding carboxylic acids is 1. The number of carbonyl (C=O) groups is 1. The van der Waals surface area contributed by atoms with E-state index in [1.165, 1.54) is 25.3 Å². The highest BCUT2D eigenvalue weighted by molar-refractivity contribution is 5.89. The Morgan fingerprint density at radius 2 is 2.10 bits per heavy atom. The summed E-state index contributed by atoms with van der Waals surface area (Å²) in [4.78, 5) is 11.7. The number of benzene rings is 1. The zero-order chi connectivity index (χ0) is 15.3. The maximum absolute atomic E-state index is 13.3. The van der Waals surface area contributed by atoms with Crippen LogP contribution >= 0.6 is 0 Å². The van der Waals surface area contributed by atoms with Gasteiger partial charge in [0.05, 0.1) is 12.7 Å². The van der Waals surface area contributed by atoms with E-state index in [4.69, 9.17) is 4.74 Å². The first-order valence-electron chi connectivity index (χ1n) is 6.36. The molecule has 0 heterocycles. The molecule has 1 aromatic carbocycles. The minimum Gasteiger partial charge on any atom is -0.497 e. The van der Waals surface area contributed by atoms with Gasteiger partial charge in [-0.2, -0.15) is 0 Å². The van der Waals surface area contributed by atoms with Gasteiger partial charge in [-0.3, -0.25) is 0 Å². The van der Waals surface area contributed by atoms with E-state index >= 15 is 0 Å². The van der Waals surface area contributed by atoms with Gasteiger partial charge in [-0.15, -0.1) is 0 Å². The van der Waals surface area contributed by atoms with Crippen LogP contribution in [0.4, 0.5) is 14.9 Å². The number of halogens is 1. The van der Waals surface area contributed by atoms with Gasteiger partial charge in [-0.25, -0.2) is 9.18 Å². The molecule has 0 aromatic heterocycles. The summed E-state index contributed by atoms with van der Waals surface area (Å²) in [6.45, 7) is 5.46. The third kappa shape index (κ3) is 4.70. The second-order valence-corrected chi connectivity index (χ2v) is 5.20. The molecule has 0 aliphatic carbocycles. The van der Waals surface area contributed by atoms with Crippen LogP contribution in [0.3, 0.4) is 0 Å². The topological polar surface area (TPSA) is 70.6 Å². The number of aliphatic hydroxyl groups is 1. The van der Waals surface area contributed by atoms with E-state index in [1.54, 1.807) is 6.92 Å². The van der Waals surface area contributed by atoms with Crippen molar-refractivity contribution in [1.29, 1.82) is 0 Å². The summed E-state index contributed by atoms with van der Waals surface area (Å²) >= 11 is 0. The molecule has 0 aliphatic heterocycles. The highest BCUT2D eigenvalue weighted by atomic mass is 19.1. The number of anilines is 1. The molecule has 0 spiro atoms. The van der Waals surface area contributed by atoms with Crippen molar-refractivity contribution in [3.05, 3.63) is 24.0 Å². The Bertz CT molecular complexity index is 475. The zero-order valence-corrected chi connectivity index (χ0v) is 12.2. The van der Waals surface area contributed by atoms with Gasteiger partial charge in [0.2, 0.25) is 0 Å². The molecule has 1 atom stereocenters. The van der Waals surface area contributed by atoms with Crippen LogP contribution in [0.15, 0.2) is 18.2 Å². The van der Waals surface area contributed by atoms with Crippen molar-refractivity contribution in [3.8, 4) is 5.75 Å². The first-order valence-corrected chi connectivity index (χ1v) is 6.36. The summed E-state index contributed by atoms with van der Waals surface area (Å²) < 4.78 is 18.2. The van der Waals surface area contributed by atoms with Gasteiger partial charge in [0, 0.05) is 24.4 Å². The van der Waals surface area contributed by atoms with Gasteiger partial charge in [0.1, 0.15) is 11.6 Å². The fraction of sp³-hybridized carbons (Fsp3) is 0.500. The maximum Gasteiger partial charge on any atom is 0.319 e. The van der Waals surface area contributed by atoms with Crippen LogP contribution in [-0.2, 0) is 0 Å². The Morgan fingerprint density at radius 1 is 1.45 bits per heavy atom. The summed E-state index contributed by atoms with van der Waals surface area (Å²) in [6.07, 6.45) is 0. The average Bonchev–Trinajstić information content (AvgIpc) is 2.35. The minimum atomic E-state index is -1.00. The molecule has 6 heteroatoms. The fourth-order valence-electron chi connectivity index (χ4n) is 1.39. The largest absolute Gasteiger partial charge is 0.497 e. The van der Waals surface area contributed by atoms with E-state index in [-0.39, 0.29) is 18.2 Å². The Hall–Kier alpha value is -1.82. The van der Waals surface area contributed by atoms with Crippen LogP contribution in [0.25, 0.3) is 0 Å². The average molecular weight is 284 g/mol. The van der Waals surface area contributed by atoms with Crippen LogP contribution in [0, 0.1) is 11.7 Å². The predicted octanol–water partition coefficient (Wildman–Crippen LogP) is 2.36. The maximum atomic E-state index is 13.3. The lowest BCUT2D eigenvalue weighted by Crippen LogP contribution is -2.45. The standard InChI is InChI=1S/C14H21FN2O3/c1-9(2)14(3,19)8-16-13(18)17-11-5-10(15)6-12(7-11)20-4/h5-7,9,19H,8H2,1-4H3,(H2,16,17,18). The summed E-state index contributed by atoms with van der Waals surface area (Å²) in [5.74, 6) is -0.194. The molecule has 1 unspecified atom stereocenters. The quantitative estimate of drug-likeness (QED) is 0.777. The lowest BCUT2D eigenvalue weighted by molar-refractivity contribution is 0.0170. The molecule has 0 bridgehead atoms. The van der Waals surface area contributed by atoms with E-state index < -0.39 is 17.4 Å². The molecule has 20 heavy (non-hydrogen) atoms. The van der Waals surface area contributed by atoms with Crippen molar-refractivity contribution in [2.45, 2.75) is 26.4 Å². The molecule has 1 rings (SSSR count). The monoisotopic (exact) mass is 284 g/mol. The number of ether oxygens (including phenoxy) is 1. The summed E-state index contributed by atoms with van der Waals surface area (Å²) in [5, 5.41) is 15.0. The highest BCUT2D eigenvalue weighted by Crippen LogP contribution is 2.20.